The van der Waals surface area contributed by atoms with Gasteiger partial charge in [-0.2, -0.15) is 0 Å². The number of rotatable bonds is 5. The van der Waals surface area contributed by atoms with Crippen molar-refractivity contribution in [3.05, 3.63) is 35.1 Å². The summed E-state index contributed by atoms with van der Waals surface area (Å²) >= 11 is 0. The number of benzene rings is 1. The third kappa shape index (κ3) is 4.71. The van der Waals surface area contributed by atoms with Gasteiger partial charge in [-0.1, -0.05) is 12.1 Å². The molecule has 1 amide bonds. The van der Waals surface area contributed by atoms with Crippen LogP contribution in [0.1, 0.15) is 37.4 Å². The van der Waals surface area contributed by atoms with E-state index in [1.54, 1.807) is 13.0 Å². The van der Waals surface area contributed by atoms with Crippen LogP contribution in [-0.4, -0.2) is 79.0 Å². The summed E-state index contributed by atoms with van der Waals surface area (Å²) < 4.78 is 13.5. The van der Waals surface area contributed by atoms with Gasteiger partial charge in [-0.3, -0.25) is 9.69 Å². The van der Waals surface area contributed by atoms with Crippen LogP contribution in [0.25, 0.3) is 0 Å². The largest absolute Gasteiger partial charge is 0.338 e. The van der Waals surface area contributed by atoms with E-state index < -0.39 is 0 Å². The Hall–Kier alpha value is -1.54. The average Bonchev–Trinajstić information content (AvgIpc) is 3.12. The van der Waals surface area contributed by atoms with E-state index in [1.165, 1.54) is 6.07 Å². The molecule has 0 saturated carbocycles. The van der Waals surface area contributed by atoms with Crippen molar-refractivity contribution in [2.24, 2.45) is 0 Å². The van der Waals surface area contributed by atoms with E-state index in [0.717, 1.165) is 31.7 Å². The van der Waals surface area contributed by atoms with Crippen LogP contribution in [0, 0.1) is 12.7 Å². The molecule has 0 radical (unpaired) electrons. The lowest BCUT2D eigenvalue weighted by molar-refractivity contribution is -0.137. The monoisotopic (exact) mass is 391 g/mol. The fraction of sp³-hybridized carbons (Fsp3) is 0.667. The zero-order valence-electron chi connectivity index (χ0n) is 17.7. The van der Waals surface area contributed by atoms with Gasteiger partial charge in [-0.15, -0.1) is 0 Å². The molecule has 2 fully saturated rings. The minimum atomic E-state index is -0.247. The molecule has 0 aliphatic carbocycles. The summed E-state index contributed by atoms with van der Waals surface area (Å²) in [6, 6.07) is 5.61. The normalized spacial score (nSPS) is 28.9. The first-order chi connectivity index (χ1) is 13.3. The van der Waals surface area contributed by atoms with Gasteiger partial charge < -0.3 is 9.80 Å². The molecule has 2 aliphatic heterocycles. The summed E-state index contributed by atoms with van der Waals surface area (Å²) in [5, 5.41) is 0. The highest BCUT2D eigenvalue weighted by Gasteiger charge is 2.37. The number of nitrogens with zero attached hydrogens (tertiary/aromatic N) is 3. The van der Waals surface area contributed by atoms with E-state index in [0.29, 0.717) is 24.1 Å². The van der Waals surface area contributed by atoms with Gasteiger partial charge in [-0.05, 0) is 58.5 Å². The van der Waals surface area contributed by atoms with Gasteiger partial charge in [0.15, 0.2) is 0 Å². The molecule has 3 rings (SSSR count). The minimum Gasteiger partial charge on any atom is -0.338 e. The van der Waals surface area contributed by atoms with Crippen molar-refractivity contribution in [2.75, 3.05) is 40.3 Å². The van der Waals surface area contributed by atoms with Gasteiger partial charge in [0.25, 0.3) is 0 Å². The Kier molecular flexibility index (Phi) is 6.70. The van der Waals surface area contributed by atoms with Crippen LogP contribution in [0.4, 0.5) is 4.39 Å². The minimum absolute atomic E-state index is 0.0180. The highest BCUT2D eigenvalue weighted by Crippen LogP contribution is 2.26. The second kappa shape index (κ2) is 8.86. The average molecular weight is 392 g/mol. The van der Waals surface area contributed by atoms with Crippen molar-refractivity contribution < 1.29 is 9.18 Å². The number of halogens is 1. The van der Waals surface area contributed by atoms with Crippen molar-refractivity contribution in [2.45, 2.75) is 51.4 Å². The SMILES string of the molecule is Cc1cc(C2CC(C(=O)N3CC(C)N(CCN(C)C)C(C)C3)NN2)ccc1F. The maximum Gasteiger partial charge on any atom is 0.241 e. The molecular weight excluding hydrogens is 357 g/mol. The number of hydrogen-bond donors (Lipinski definition) is 2. The van der Waals surface area contributed by atoms with Crippen LogP contribution in [0.5, 0.6) is 0 Å². The summed E-state index contributed by atoms with van der Waals surface area (Å²) in [5.74, 6) is -0.0442. The second-order valence-electron chi connectivity index (χ2n) is 8.62. The molecule has 1 aromatic carbocycles. The molecule has 0 spiro atoms. The summed E-state index contributed by atoms with van der Waals surface area (Å²) in [7, 11) is 4.18. The second-order valence-corrected chi connectivity index (χ2v) is 8.62. The van der Waals surface area contributed by atoms with E-state index >= 15 is 0 Å². The summed E-state index contributed by atoms with van der Waals surface area (Å²) in [5.41, 5.74) is 8.02. The fourth-order valence-corrected chi connectivity index (χ4v) is 4.33. The number of hydrogen-bond acceptors (Lipinski definition) is 5. The standard InChI is InChI=1S/C21H34FN5O/c1-14-10-17(6-7-18(14)22)19-11-20(24-23-19)21(28)26-12-15(2)27(16(3)13-26)9-8-25(4)5/h6-7,10,15-16,19-20,23-24H,8-9,11-13H2,1-5H3. The van der Waals surface area contributed by atoms with E-state index in [1.807, 2.05) is 11.0 Å². The Labute approximate surface area is 168 Å². The van der Waals surface area contributed by atoms with Gasteiger partial charge >= 0.3 is 0 Å². The first-order valence-corrected chi connectivity index (χ1v) is 10.2. The van der Waals surface area contributed by atoms with Crippen molar-refractivity contribution in [3.63, 3.8) is 0 Å². The van der Waals surface area contributed by atoms with Gasteiger partial charge in [0.1, 0.15) is 11.9 Å². The van der Waals surface area contributed by atoms with E-state index in [9.17, 15) is 9.18 Å². The molecule has 4 unspecified atom stereocenters. The number of aryl methyl sites for hydroxylation is 1. The Morgan fingerprint density at radius 2 is 1.89 bits per heavy atom. The molecule has 28 heavy (non-hydrogen) atoms. The molecule has 7 heteroatoms. The quantitative estimate of drug-likeness (QED) is 0.797. The molecule has 2 N–H and O–H groups in total. The predicted molar refractivity (Wildman–Crippen MR) is 109 cm³/mol. The topological polar surface area (TPSA) is 50.9 Å². The summed E-state index contributed by atoms with van der Waals surface area (Å²) in [4.78, 5) is 19.8. The van der Waals surface area contributed by atoms with Crippen molar-refractivity contribution in [1.82, 2.24) is 25.6 Å². The Bertz CT molecular complexity index is 685. The third-order valence-electron chi connectivity index (χ3n) is 6.00. The van der Waals surface area contributed by atoms with Gasteiger partial charge in [-0.25, -0.2) is 15.2 Å². The first-order valence-electron chi connectivity index (χ1n) is 10.2. The van der Waals surface area contributed by atoms with Crippen LogP contribution in [0.3, 0.4) is 0 Å². The van der Waals surface area contributed by atoms with Crippen molar-refractivity contribution in [1.29, 1.82) is 0 Å². The van der Waals surface area contributed by atoms with E-state index in [-0.39, 0.29) is 23.8 Å². The fourth-order valence-electron chi connectivity index (χ4n) is 4.33. The molecule has 2 saturated heterocycles. The Balaban J connectivity index is 1.58. The molecular formula is C21H34FN5O. The lowest BCUT2D eigenvalue weighted by Crippen LogP contribution is -2.61. The predicted octanol–water partition coefficient (Wildman–Crippen LogP) is 1.52. The van der Waals surface area contributed by atoms with Gasteiger partial charge in [0.2, 0.25) is 5.91 Å². The molecule has 156 valence electrons. The van der Waals surface area contributed by atoms with Crippen molar-refractivity contribution >= 4 is 5.91 Å². The van der Waals surface area contributed by atoms with Crippen LogP contribution in [0.2, 0.25) is 0 Å². The van der Waals surface area contributed by atoms with Crippen LogP contribution in [0.15, 0.2) is 18.2 Å². The number of hydrazine groups is 1. The number of nitrogens with one attached hydrogen (secondary N) is 2. The number of carbonyl (C=O) groups excluding carboxylic acids is 1. The van der Waals surface area contributed by atoms with Gasteiger partial charge in [0, 0.05) is 44.3 Å². The maximum absolute atomic E-state index is 13.5. The first kappa shape index (κ1) is 21.2. The lowest BCUT2D eigenvalue weighted by atomic mass is 9.99. The van der Waals surface area contributed by atoms with E-state index in [4.69, 9.17) is 0 Å². The molecule has 4 atom stereocenters. The Morgan fingerprint density at radius 3 is 2.50 bits per heavy atom. The zero-order chi connectivity index (χ0) is 20.4. The molecule has 2 aliphatic rings. The Morgan fingerprint density at radius 1 is 1.21 bits per heavy atom. The number of carbonyl (C=O) groups is 1. The lowest BCUT2D eigenvalue weighted by Gasteiger charge is -2.45. The molecule has 6 nitrogen and oxygen atoms in total. The third-order valence-corrected chi connectivity index (χ3v) is 6.00. The zero-order valence-corrected chi connectivity index (χ0v) is 17.7. The van der Waals surface area contributed by atoms with Crippen LogP contribution in [-0.2, 0) is 4.79 Å². The molecule has 1 aromatic rings. The smallest absolute Gasteiger partial charge is 0.241 e. The van der Waals surface area contributed by atoms with Gasteiger partial charge in [0.05, 0.1) is 0 Å². The summed E-state index contributed by atoms with van der Waals surface area (Å²) in [6.07, 6.45) is 0.674. The number of amides is 1. The molecule has 0 aromatic heterocycles. The van der Waals surface area contributed by atoms with Crippen molar-refractivity contribution in [3.8, 4) is 0 Å². The van der Waals surface area contributed by atoms with E-state index in [2.05, 4.69) is 48.6 Å². The maximum atomic E-state index is 13.5. The highest BCUT2D eigenvalue weighted by atomic mass is 19.1. The highest BCUT2D eigenvalue weighted by molar-refractivity contribution is 5.82. The molecule has 0 bridgehead atoms. The van der Waals surface area contributed by atoms with Crippen LogP contribution >= 0.6 is 0 Å². The number of piperazine rings is 1. The molecule has 2 heterocycles. The van der Waals surface area contributed by atoms with Crippen LogP contribution < -0.4 is 10.9 Å². The summed E-state index contributed by atoms with van der Waals surface area (Å²) in [6.45, 7) is 9.74. The number of likely N-dealkylation sites (N-methyl/N-ethyl adjacent to an activating group) is 1.